The van der Waals surface area contributed by atoms with Gasteiger partial charge in [-0.05, 0) is 40.9 Å². The minimum atomic E-state index is 0. The van der Waals surface area contributed by atoms with Crippen LogP contribution in [0.3, 0.4) is 0 Å². The van der Waals surface area contributed by atoms with E-state index in [9.17, 15) is 0 Å². The maximum absolute atomic E-state index is 5.58. The molecule has 3 aromatic rings. The maximum atomic E-state index is 5.58. The average Bonchev–Trinajstić information content (AvgIpc) is 3.22. The quantitative estimate of drug-likeness (QED) is 0.412. The highest BCUT2D eigenvalue weighted by atomic mass is 35.5. The highest BCUT2D eigenvalue weighted by Gasteiger charge is 2.12. The number of rotatable bonds is 7. The van der Waals surface area contributed by atoms with Crippen molar-refractivity contribution >= 4 is 18.5 Å². The van der Waals surface area contributed by atoms with Gasteiger partial charge < -0.3 is 4.74 Å². The molecule has 1 heterocycles. The lowest BCUT2D eigenvalue weighted by Crippen LogP contribution is -2.17. The summed E-state index contributed by atoms with van der Waals surface area (Å²) in [5.74, 6) is 1.05. The molecule has 0 fully saturated rings. The van der Waals surface area contributed by atoms with Crippen molar-refractivity contribution in [2.45, 2.75) is 13.0 Å². The van der Waals surface area contributed by atoms with Crippen LogP contribution in [0.25, 0.3) is 17.2 Å². The van der Waals surface area contributed by atoms with Crippen molar-refractivity contribution in [3.05, 3.63) is 108 Å². The number of halogens is 1. The Bertz CT molecular complexity index is 993. The summed E-state index contributed by atoms with van der Waals surface area (Å²) in [7, 11) is 2.15. The van der Waals surface area contributed by atoms with Gasteiger partial charge in [-0.15, -0.1) is 12.4 Å². The molecule has 0 unspecified atom stereocenters. The summed E-state index contributed by atoms with van der Waals surface area (Å²) in [6, 6.07) is 25.7. The summed E-state index contributed by atoms with van der Waals surface area (Å²) in [5.41, 5.74) is 6.40. The summed E-state index contributed by atoms with van der Waals surface area (Å²) < 4.78 is 5.58. The molecule has 0 spiro atoms. The molecule has 30 heavy (non-hydrogen) atoms. The van der Waals surface area contributed by atoms with E-state index in [1.807, 2.05) is 6.07 Å². The first kappa shape index (κ1) is 21.9. The fraction of sp³-hybridized carbons (Fsp3) is 0.185. The number of hydrogen-bond donors (Lipinski definition) is 0. The van der Waals surface area contributed by atoms with Crippen molar-refractivity contribution in [2.75, 3.05) is 20.2 Å². The highest BCUT2D eigenvalue weighted by Crippen LogP contribution is 2.26. The van der Waals surface area contributed by atoms with Crippen molar-refractivity contribution in [2.24, 2.45) is 0 Å². The molecule has 0 saturated heterocycles. The molecule has 4 rings (SSSR count). The van der Waals surface area contributed by atoms with Gasteiger partial charge in [0.15, 0.2) is 0 Å². The van der Waals surface area contributed by atoms with Crippen molar-refractivity contribution in [1.29, 1.82) is 0 Å². The van der Waals surface area contributed by atoms with Crippen LogP contribution in [0.2, 0.25) is 0 Å². The Morgan fingerprint density at radius 2 is 1.67 bits per heavy atom. The first-order valence-electron chi connectivity index (χ1n) is 10.2. The van der Waals surface area contributed by atoms with Gasteiger partial charge >= 0.3 is 0 Å². The third-order valence-electron chi connectivity index (χ3n) is 5.18. The molecule has 154 valence electrons. The molecular formula is C27H28ClNO. The lowest BCUT2D eigenvalue weighted by atomic mass is 10.0. The van der Waals surface area contributed by atoms with Crippen LogP contribution in [0.5, 0.6) is 5.75 Å². The van der Waals surface area contributed by atoms with E-state index in [0.717, 1.165) is 31.9 Å². The van der Waals surface area contributed by atoms with Crippen LogP contribution in [0.15, 0.2) is 91.0 Å². The summed E-state index contributed by atoms with van der Waals surface area (Å²) in [6.07, 6.45) is 9.61. The second-order valence-electron chi connectivity index (χ2n) is 7.51. The number of nitrogens with zero attached hydrogens (tertiary/aromatic N) is 1. The Morgan fingerprint density at radius 1 is 0.900 bits per heavy atom. The van der Waals surface area contributed by atoms with Gasteiger partial charge in [-0.3, -0.25) is 4.90 Å². The third kappa shape index (κ3) is 5.85. The largest absolute Gasteiger partial charge is 0.493 e. The van der Waals surface area contributed by atoms with E-state index in [4.69, 9.17) is 4.74 Å². The molecule has 0 N–H and O–H groups in total. The number of likely N-dealkylation sites (N-methyl/N-ethyl adjacent to an activating group) is 1. The van der Waals surface area contributed by atoms with Gasteiger partial charge in [0.25, 0.3) is 0 Å². The van der Waals surface area contributed by atoms with Crippen LogP contribution in [0, 0.1) is 0 Å². The second-order valence-corrected chi connectivity index (χ2v) is 7.51. The van der Waals surface area contributed by atoms with Gasteiger partial charge in [-0.2, -0.15) is 0 Å². The summed E-state index contributed by atoms with van der Waals surface area (Å²) in [4.78, 5) is 2.32. The summed E-state index contributed by atoms with van der Waals surface area (Å²) in [6.45, 7) is 2.69. The van der Waals surface area contributed by atoms with Crippen LogP contribution >= 0.6 is 12.4 Å². The van der Waals surface area contributed by atoms with Crippen LogP contribution in [0.1, 0.15) is 16.7 Å². The smallest absolute Gasteiger partial charge is 0.122 e. The summed E-state index contributed by atoms with van der Waals surface area (Å²) >= 11 is 0. The molecule has 3 heteroatoms. The van der Waals surface area contributed by atoms with Gasteiger partial charge in [0.05, 0.1) is 6.61 Å². The molecule has 0 radical (unpaired) electrons. The SMILES string of the molecule is CN(C/C=C/C=C/c1ccc(-c2ccccc2)cc1)Cc1ccc2c(c1)CCO2.Cl. The van der Waals surface area contributed by atoms with Gasteiger partial charge in [0.2, 0.25) is 0 Å². The lowest BCUT2D eigenvalue weighted by molar-refractivity contribution is 0.355. The normalized spacial score (nSPS) is 12.9. The maximum Gasteiger partial charge on any atom is 0.122 e. The number of benzene rings is 3. The Labute approximate surface area is 185 Å². The first-order valence-corrected chi connectivity index (χ1v) is 10.2. The van der Waals surface area contributed by atoms with Gasteiger partial charge in [-0.1, -0.05) is 91.0 Å². The predicted molar refractivity (Wildman–Crippen MR) is 129 cm³/mol. The molecule has 0 aromatic heterocycles. The van der Waals surface area contributed by atoms with Crippen LogP contribution in [-0.2, 0) is 13.0 Å². The number of hydrogen-bond acceptors (Lipinski definition) is 2. The van der Waals surface area contributed by atoms with E-state index in [1.165, 1.54) is 27.8 Å². The zero-order valence-electron chi connectivity index (χ0n) is 17.3. The molecule has 0 atom stereocenters. The van der Waals surface area contributed by atoms with Crippen molar-refractivity contribution in [1.82, 2.24) is 4.90 Å². The fourth-order valence-electron chi connectivity index (χ4n) is 3.62. The van der Waals surface area contributed by atoms with E-state index in [-0.39, 0.29) is 12.4 Å². The Kier molecular flexibility index (Phi) is 7.89. The van der Waals surface area contributed by atoms with Crippen molar-refractivity contribution in [3.63, 3.8) is 0 Å². The fourth-order valence-corrected chi connectivity index (χ4v) is 3.62. The molecule has 0 amide bonds. The van der Waals surface area contributed by atoms with Crippen LogP contribution in [-0.4, -0.2) is 25.1 Å². The van der Waals surface area contributed by atoms with E-state index < -0.39 is 0 Å². The van der Waals surface area contributed by atoms with Crippen LogP contribution < -0.4 is 4.74 Å². The topological polar surface area (TPSA) is 12.5 Å². The number of ether oxygens (including phenoxy) is 1. The summed E-state index contributed by atoms with van der Waals surface area (Å²) in [5, 5.41) is 0. The number of allylic oxidation sites excluding steroid dienone is 2. The first-order chi connectivity index (χ1) is 14.3. The molecule has 1 aliphatic heterocycles. The van der Waals surface area contributed by atoms with E-state index in [0.29, 0.717) is 0 Å². The van der Waals surface area contributed by atoms with E-state index >= 15 is 0 Å². The zero-order chi connectivity index (χ0) is 19.9. The van der Waals surface area contributed by atoms with Gasteiger partial charge in [-0.25, -0.2) is 0 Å². The molecule has 2 nitrogen and oxygen atoms in total. The molecule has 0 bridgehead atoms. The Hall–Kier alpha value is -2.81. The minimum absolute atomic E-state index is 0. The molecular weight excluding hydrogens is 390 g/mol. The van der Waals surface area contributed by atoms with Crippen LogP contribution in [0.4, 0.5) is 0 Å². The molecule has 1 aliphatic rings. The average molecular weight is 418 g/mol. The Morgan fingerprint density at radius 3 is 2.47 bits per heavy atom. The van der Waals surface area contributed by atoms with Gasteiger partial charge in [0, 0.05) is 19.5 Å². The van der Waals surface area contributed by atoms with Crippen molar-refractivity contribution < 1.29 is 4.74 Å². The monoisotopic (exact) mass is 417 g/mol. The van der Waals surface area contributed by atoms with Crippen molar-refractivity contribution in [3.8, 4) is 16.9 Å². The lowest BCUT2D eigenvalue weighted by Gasteiger charge is -2.14. The predicted octanol–water partition coefficient (Wildman–Crippen LogP) is 6.41. The zero-order valence-corrected chi connectivity index (χ0v) is 18.1. The molecule has 0 aliphatic carbocycles. The second kappa shape index (κ2) is 10.8. The van der Waals surface area contributed by atoms with Gasteiger partial charge in [0.1, 0.15) is 5.75 Å². The third-order valence-corrected chi connectivity index (χ3v) is 5.18. The Balaban J connectivity index is 0.00000256. The minimum Gasteiger partial charge on any atom is -0.493 e. The van der Waals surface area contributed by atoms with E-state index in [1.54, 1.807) is 0 Å². The highest BCUT2D eigenvalue weighted by molar-refractivity contribution is 5.85. The molecule has 0 saturated carbocycles. The number of fused-ring (bicyclic) bond motifs is 1. The standard InChI is InChI=1S/C27H27NO.ClH/c1-28(21-23-13-16-27-26(20-23)17-19-29-27)18-7-3-4-8-22-11-14-25(15-12-22)24-9-5-2-6-10-24;/h2-16,20H,17-19,21H2,1H3;1H/b7-3+,8-4+;. The van der Waals surface area contributed by atoms with E-state index in [2.05, 4.69) is 103 Å². The molecule has 3 aromatic carbocycles.